The monoisotopic (exact) mass is 252 g/mol. The van der Waals surface area contributed by atoms with Gasteiger partial charge in [0.25, 0.3) is 0 Å². The van der Waals surface area contributed by atoms with Gasteiger partial charge in [-0.05, 0) is 48.6 Å². The molecule has 3 heteroatoms. The fourth-order valence-corrected chi connectivity index (χ4v) is 2.99. The van der Waals surface area contributed by atoms with E-state index in [0.29, 0.717) is 5.02 Å². The van der Waals surface area contributed by atoms with E-state index < -0.39 is 5.60 Å². The summed E-state index contributed by atoms with van der Waals surface area (Å²) < 4.78 is 0. The molecule has 1 aromatic heterocycles. The predicted octanol–water partition coefficient (Wildman–Crippen LogP) is 3.97. The number of halogens is 1. The van der Waals surface area contributed by atoms with Crippen LogP contribution in [0, 0.1) is 6.92 Å². The van der Waals surface area contributed by atoms with Gasteiger partial charge in [0.15, 0.2) is 0 Å². The van der Waals surface area contributed by atoms with Crippen molar-refractivity contribution in [1.29, 1.82) is 0 Å². The van der Waals surface area contributed by atoms with Crippen LogP contribution in [-0.4, -0.2) is 5.11 Å². The average Bonchev–Trinajstić information content (AvgIpc) is 2.65. The first-order chi connectivity index (χ1) is 7.51. The SMILES string of the molecule is Cc1ccsc1C(C)(O)c1cccc(Cl)c1. The van der Waals surface area contributed by atoms with Gasteiger partial charge in [-0.2, -0.15) is 0 Å². The molecule has 0 aliphatic heterocycles. The molecular formula is C13H13ClOS. The first-order valence-electron chi connectivity index (χ1n) is 5.05. The lowest BCUT2D eigenvalue weighted by Gasteiger charge is -2.23. The lowest BCUT2D eigenvalue weighted by Crippen LogP contribution is -2.22. The van der Waals surface area contributed by atoms with Gasteiger partial charge in [0.1, 0.15) is 5.60 Å². The normalized spacial score (nSPS) is 14.8. The van der Waals surface area contributed by atoms with Crippen LogP contribution >= 0.6 is 22.9 Å². The second-order valence-electron chi connectivity index (χ2n) is 4.02. The second-order valence-corrected chi connectivity index (χ2v) is 5.37. The highest BCUT2D eigenvalue weighted by Crippen LogP contribution is 2.35. The Morgan fingerprint density at radius 3 is 2.62 bits per heavy atom. The summed E-state index contributed by atoms with van der Waals surface area (Å²) in [5.41, 5.74) is 0.962. The molecule has 1 atom stereocenters. The average molecular weight is 253 g/mol. The maximum absolute atomic E-state index is 10.6. The van der Waals surface area contributed by atoms with Crippen LogP contribution < -0.4 is 0 Å². The van der Waals surface area contributed by atoms with Crippen molar-refractivity contribution < 1.29 is 5.11 Å². The van der Waals surface area contributed by atoms with Crippen LogP contribution in [0.25, 0.3) is 0 Å². The van der Waals surface area contributed by atoms with E-state index in [1.54, 1.807) is 24.3 Å². The van der Waals surface area contributed by atoms with Crippen LogP contribution in [0.5, 0.6) is 0 Å². The Morgan fingerprint density at radius 1 is 1.31 bits per heavy atom. The van der Waals surface area contributed by atoms with Crippen molar-refractivity contribution in [3.63, 3.8) is 0 Å². The third-order valence-corrected chi connectivity index (χ3v) is 4.15. The molecule has 1 N–H and O–H groups in total. The zero-order chi connectivity index (χ0) is 11.8. The highest BCUT2D eigenvalue weighted by Gasteiger charge is 2.28. The van der Waals surface area contributed by atoms with Crippen LogP contribution in [-0.2, 0) is 5.60 Å². The molecule has 1 heterocycles. The first-order valence-corrected chi connectivity index (χ1v) is 6.30. The van der Waals surface area contributed by atoms with Crippen molar-refractivity contribution in [2.24, 2.45) is 0 Å². The summed E-state index contributed by atoms with van der Waals surface area (Å²) in [7, 11) is 0. The van der Waals surface area contributed by atoms with Gasteiger partial charge in [0.2, 0.25) is 0 Å². The molecule has 0 spiro atoms. The molecule has 0 saturated heterocycles. The molecule has 0 radical (unpaired) electrons. The molecule has 2 aromatic rings. The standard InChI is InChI=1S/C13H13ClOS/c1-9-6-7-16-12(9)13(2,15)10-4-3-5-11(14)8-10/h3-8,15H,1-2H3. The van der Waals surface area contributed by atoms with E-state index in [1.807, 2.05) is 36.6 Å². The molecule has 1 nitrogen and oxygen atoms in total. The zero-order valence-electron chi connectivity index (χ0n) is 9.20. The van der Waals surface area contributed by atoms with Gasteiger partial charge >= 0.3 is 0 Å². The molecule has 1 unspecified atom stereocenters. The van der Waals surface area contributed by atoms with Crippen LogP contribution in [0.4, 0.5) is 0 Å². The van der Waals surface area contributed by atoms with Crippen molar-refractivity contribution in [2.75, 3.05) is 0 Å². The number of rotatable bonds is 2. The highest BCUT2D eigenvalue weighted by atomic mass is 35.5. The third-order valence-electron chi connectivity index (χ3n) is 2.69. The summed E-state index contributed by atoms with van der Waals surface area (Å²) >= 11 is 7.51. The fourth-order valence-electron chi connectivity index (χ4n) is 1.79. The van der Waals surface area contributed by atoms with Crippen LogP contribution in [0.2, 0.25) is 5.02 Å². The molecule has 1 aromatic carbocycles. The van der Waals surface area contributed by atoms with Gasteiger partial charge in [0.05, 0.1) is 0 Å². The Hall–Kier alpha value is -0.830. The van der Waals surface area contributed by atoms with Gasteiger partial charge < -0.3 is 5.11 Å². The summed E-state index contributed by atoms with van der Waals surface area (Å²) in [6.45, 7) is 3.81. The van der Waals surface area contributed by atoms with E-state index in [-0.39, 0.29) is 0 Å². The molecule has 84 valence electrons. The Balaban J connectivity index is 2.51. The van der Waals surface area contributed by atoms with E-state index in [4.69, 9.17) is 11.6 Å². The quantitative estimate of drug-likeness (QED) is 0.858. The van der Waals surface area contributed by atoms with E-state index in [9.17, 15) is 5.11 Å². The summed E-state index contributed by atoms with van der Waals surface area (Å²) in [6, 6.07) is 9.38. The van der Waals surface area contributed by atoms with E-state index in [0.717, 1.165) is 16.0 Å². The Morgan fingerprint density at radius 2 is 2.06 bits per heavy atom. The first kappa shape index (κ1) is 11.6. The molecule has 0 aliphatic rings. The van der Waals surface area contributed by atoms with Crippen LogP contribution in [0.15, 0.2) is 35.7 Å². The maximum Gasteiger partial charge on any atom is 0.121 e. The van der Waals surface area contributed by atoms with Gasteiger partial charge in [-0.1, -0.05) is 23.7 Å². The minimum atomic E-state index is -0.969. The summed E-state index contributed by atoms with van der Waals surface area (Å²) in [4.78, 5) is 0.967. The van der Waals surface area contributed by atoms with Crippen LogP contribution in [0.3, 0.4) is 0 Å². The smallest absolute Gasteiger partial charge is 0.121 e. The lowest BCUT2D eigenvalue weighted by molar-refractivity contribution is 0.106. The molecule has 0 amide bonds. The van der Waals surface area contributed by atoms with Crippen molar-refractivity contribution in [3.8, 4) is 0 Å². The number of thiophene rings is 1. The van der Waals surface area contributed by atoms with Crippen molar-refractivity contribution in [2.45, 2.75) is 19.4 Å². The Kier molecular flexibility index (Phi) is 3.06. The molecule has 0 aliphatic carbocycles. The van der Waals surface area contributed by atoms with Gasteiger partial charge in [-0.3, -0.25) is 0 Å². The van der Waals surface area contributed by atoms with Crippen molar-refractivity contribution in [3.05, 3.63) is 56.7 Å². The molecule has 0 bridgehead atoms. The summed E-state index contributed by atoms with van der Waals surface area (Å²) in [5, 5.41) is 13.2. The highest BCUT2D eigenvalue weighted by molar-refractivity contribution is 7.10. The molecule has 16 heavy (non-hydrogen) atoms. The van der Waals surface area contributed by atoms with Crippen molar-refractivity contribution in [1.82, 2.24) is 0 Å². The minimum absolute atomic E-state index is 0.645. The summed E-state index contributed by atoms with van der Waals surface area (Å²) in [5.74, 6) is 0. The van der Waals surface area contributed by atoms with Gasteiger partial charge in [-0.15, -0.1) is 11.3 Å². The van der Waals surface area contributed by atoms with Gasteiger partial charge in [0, 0.05) is 9.90 Å². The number of benzene rings is 1. The maximum atomic E-state index is 10.6. The van der Waals surface area contributed by atoms with Crippen LogP contribution in [0.1, 0.15) is 22.9 Å². The number of hydrogen-bond donors (Lipinski definition) is 1. The van der Waals surface area contributed by atoms with Gasteiger partial charge in [-0.25, -0.2) is 0 Å². The number of aliphatic hydroxyl groups is 1. The topological polar surface area (TPSA) is 20.2 Å². The molecular weight excluding hydrogens is 240 g/mol. The Bertz CT molecular complexity index is 502. The lowest BCUT2D eigenvalue weighted by atomic mass is 9.92. The fraction of sp³-hybridized carbons (Fsp3) is 0.231. The number of aryl methyl sites for hydroxylation is 1. The van der Waals surface area contributed by atoms with E-state index in [2.05, 4.69) is 0 Å². The van der Waals surface area contributed by atoms with Crippen molar-refractivity contribution >= 4 is 22.9 Å². The molecule has 0 saturated carbocycles. The van der Waals surface area contributed by atoms with E-state index >= 15 is 0 Å². The zero-order valence-corrected chi connectivity index (χ0v) is 10.8. The molecule has 2 rings (SSSR count). The number of hydrogen-bond acceptors (Lipinski definition) is 2. The van der Waals surface area contributed by atoms with E-state index in [1.165, 1.54) is 0 Å². The minimum Gasteiger partial charge on any atom is -0.380 e. The molecule has 0 fully saturated rings. The summed E-state index contributed by atoms with van der Waals surface area (Å²) in [6.07, 6.45) is 0. The second kappa shape index (κ2) is 4.21. The largest absolute Gasteiger partial charge is 0.380 e. The predicted molar refractivity (Wildman–Crippen MR) is 69.2 cm³/mol. The Labute approximate surface area is 104 Å². The third kappa shape index (κ3) is 2.01.